The van der Waals surface area contributed by atoms with E-state index in [1.165, 1.54) is 6.07 Å². The largest absolute Gasteiger partial charge is 0.396 e. The molecule has 1 aromatic heterocycles. The van der Waals surface area contributed by atoms with Gasteiger partial charge in [-0.1, -0.05) is 25.0 Å². The van der Waals surface area contributed by atoms with E-state index in [-0.39, 0.29) is 24.6 Å². The zero-order valence-corrected chi connectivity index (χ0v) is 15.3. The van der Waals surface area contributed by atoms with Crippen LogP contribution in [0.5, 0.6) is 0 Å². The highest BCUT2D eigenvalue weighted by Crippen LogP contribution is 2.36. The minimum atomic E-state index is -0.778. The molecule has 2 heterocycles. The third-order valence-corrected chi connectivity index (χ3v) is 5.56. The molecule has 1 aliphatic heterocycles. The van der Waals surface area contributed by atoms with Crippen LogP contribution in [-0.2, 0) is 0 Å². The van der Waals surface area contributed by atoms with Gasteiger partial charge in [0.15, 0.2) is 0 Å². The first-order valence-electron chi connectivity index (χ1n) is 9.12. The molecule has 3 rings (SSSR count). The van der Waals surface area contributed by atoms with Crippen LogP contribution >= 0.6 is 0 Å². The van der Waals surface area contributed by atoms with E-state index in [4.69, 9.17) is 0 Å². The van der Waals surface area contributed by atoms with E-state index in [0.29, 0.717) is 29.4 Å². The first kappa shape index (κ1) is 18.6. The lowest BCUT2D eigenvalue weighted by Gasteiger charge is -2.44. The molecule has 0 unspecified atom stereocenters. The Morgan fingerprint density at radius 3 is 2.81 bits per heavy atom. The SMILES string of the molecule is CCC[C@]1(CO)CCN(C(=O)c2cc(=O)[nH]c3ccc(C)cc23)C[C@H]1O. The molecule has 0 bridgehead atoms. The van der Waals surface area contributed by atoms with Crippen molar-refractivity contribution in [1.82, 2.24) is 9.88 Å². The third kappa shape index (κ3) is 3.27. The lowest BCUT2D eigenvalue weighted by molar-refractivity contribution is -0.0713. The Hall–Kier alpha value is -2.18. The lowest BCUT2D eigenvalue weighted by atomic mass is 9.73. The second-order valence-corrected chi connectivity index (χ2v) is 7.38. The summed E-state index contributed by atoms with van der Waals surface area (Å²) in [6.07, 6.45) is 1.36. The summed E-state index contributed by atoms with van der Waals surface area (Å²) >= 11 is 0. The molecule has 1 aliphatic rings. The number of aromatic amines is 1. The average molecular weight is 358 g/mol. The first-order valence-corrected chi connectivity index (χ1v) is 9.12. The average Bonchev–Trinajstić information content (AvgIpc) is 2.62. The highest BCUT2D eigenvalue weighted by Gasteiger charge is 2.42. The van der Waals surface area contributed by atoms with Gasteiger partial charge in [-0.15, -0.1) is 0 Å². The Labute approximate surface area is 152 Å². The molecule has 0 radical (unpaired) electrons. The van der Waals surface area contributed by atoms with Gasteiger partial charge in [-0.2, -0.15) is 0 Å². The fourth-order valence-electron chi connectivity index (χ4n) is 3.97. The number of aliphatic hydroxyl groups is 2. The smallest absolute Gasteiger partial charge is 0.254 e. The standard InChI is InChI=1S/C20H26N2O4/c1-3-6-20(12-23)7-8-22(11-17(20)24)19(26)15-10-18(25)21-16-5-4-13(2)9-14(15)16/h4-5,9-10,17,23-24H,3,6-8,11-12H2,1-2H3,(H,21,25)/t17-,20-/m1/s1. The number of hydrogen-bond donors (Lipinski definition) is 3. The monoisotopic (exact) mass is 358 g/mol. The molecule has 0 spiro atoms. The fraction of sp³-hybridized carbons (Fsp3) is 0.500. The number of aliphatic hydroxyl groups excluding tert-OH is 2. The number of likely N-dealkylation sites (tertiary alicyclic amines) is 1. The van der Waals surface area contributed by atoms with Gasteiger partial charge in [0, 0.05) is 35.5 Å². The van der Waals surface area contributed by atoms with Crippen molar-refractivity contribution in [3.8, 4) is 0 Å². The zero-order chi connectivity index (χ0) is 18.9. The summed E-state index contributed by atoms with van der Waals surface area (Å²) in [5.41, 5.74) is 1.11. The van der Waals surface area contributed by atoms with Gasteiger partial charge in [-0.05, 0) is 31.9 Å². The molecule has 26 heavy (non-hydrogen) atoms. The highest BCUT2D eigenvalue weighted by atomic mass is 16.3. The van der Waals surface area contributed by atoms with Crippen LogP contribution in [0.15, 0.2) is 29.1 Å². The number of β-amino-alcohol motifs (C(OH)–C–C–N with tert-alkyl or cyclic N) is 1. The van der Waals surface area contributed by atoms with Crippen LogP contribution in [0.3, 0.4) is 0 Å². The Kier molecular flexibility index (Phi) is 5.16. The lowest BCUT2D eigenvalue weighted by Crippen LogP contribution is -2.54. The van der Waals surface area contributed by atoms with Crippen LogP contribution in [0, 0.1) is 12.3 Å². The van der Waals surface area contributed by atoms with Crippen molar-refractivity contribution >= 4 is 16.8 Å². The van der Waals surface area contributed by atoms with Crippen molar-refractivity contribution in [3.63, 3.8) is 0 Å². The second-order valence-electron chi connectivity index (χ2n) is 7.38. The van der Waals surface area contributed by atoms with Crippen LogP contribution < -0.4 is 5.56 Å². The van der Waals surface area contributed by atoms with E-state index in [1.807, 2.05) is 26.0 Å². The number of carbonyl (C=O) groups excluding carboxylic acids is 1. The van der Waals surface area contributed by atoms with E-state index in [2.05, 4.69) is 4.98 Å². The summed E-state index contributed by atoms with van der Waals surface area (Å²) in [6.45, 7) is 4.49. The van der Waals surface area contributed by atoms with Gasteiger partial charge < -0.3 is 20.1 Å². The number of aryl methyl sites for hydroxylation is 1. The number of benzene rings is 1. The minimum Gasteiger partial charge on any atom is -0.396 e. The maximum Gasteiger partial charge on any atom is 0.254 e. The number of aromatic nitrogens is 1. The summed E-state index contributed by atoms with van der Waals surface area (Å²) < 4.78 is 0. The van der Waals surface area contributed by atoms with Crippen molar-refractivity contribution in [1.29, 1.82) is 0 Å². The van der Waals surface area contributed by atoms with E-state index < -0.39 is 11.5 Å². The van der Waals surface area contributed by atoms with Gasteiger partial charge in [0.05, 0.1) is 18.3 Å². The molecule has 0 aliphatic carbocycles. The summed E-state index contributed by atoms with van der Waals surface area (Å²) in [5, 5.41) is 21.1. The molecule has 2 aromatic rings. The van der Waals surface area contributed by atoms with E-state index in [0.717, 1.165) is 18.4 Å². The van der Waals surface area contributed by atoms with Gasteiger partial charge >= 0.3 is 0 Å². The normalized spacial score (nSPS) is 23.4. The number of carbonyl (C=O) groups is 1. The number of rotatable bonds is 4. The number of H-pyrrole nitrogens is 1. The van der Waals surface area contributed by atoms with E-state index >= 15 is 0 Å². The summed E-state index contributed by atoms with van der Waals surface area (Å²) in [7, 11) is 0. The van der Waals surface area contributed by atoms with Crippen LogP contribution in [0.4, 0.5) is 0 Å². The van der Waals surface area contributed by atoms with Crippen molar-refractivity contribution in [3.05, 3.63) is 45.7 Å². The molecule has 1 amide bonds. The first-order chi connectivity index (χ1) is 12.4. The Bertz CT molecular complexity index is 876. The highest BCUT2D eigenvalue weighted by molar-refractivity contribution is 6.06. The molecule has 1 aromatic carbocycles. The summed E-state index contributed by atoms with van der Waals surface area (Å²) in [4.78, 5) is 29.4. The molecular formula is C20H26N2O4. The Morgan fingerprint density at radius 1 is 1.38 bits per heavy atom. The number of fused-ring (bicyclic) bond motifs is 1. The van der Waals surface area contributed by atoms with Crippen LogP contribution in [-0.4, -0.2) is 51.8 Å². The minimum absolute atomic E-state index is 0.0861. The quantitative estimate of drug-likeness (QED) is 0.777. The number of nitrogens with one attached hydrogen (secondary N) is 1. The molecular weight excluding hydrogens is 332 g/mol. The Morgan fingerprint density at radius 2 is 2.15 bits per heavy atom. The maximum atomic E-state index is 13.1. The van der Waals surface area contributed by atoms with Crippen LogP contribution in [0.25, 0.3) is 10.9 Å². The summed E-state index contributed by atoms with van der Waals surface area (Å²) in [6, 6.07) is 6.90. The van der Waals surface area contributed by atoms with Gasteiger partial charge in [0.2, 0.25) is 5.56 Å². The van der Waals surface area contributed by atoms with Gasteiger partial charge in [-0.3, -0.25) is 9.59 Å². The van der Waals surface area contributed by atoms with E-state index in [9.17, 15) is 19.8 Å². The molecule has 2 atom stereocenters. The van der Waals surface area contributed by atoms with Gasteiger partial charge in [-0.25, -0.2) is 0 Å². The molecule has 6 nitrogen and oxygen atoms in total. The van der Waals surface area contributed by atoms with Crippen molar-refractivity contribution < 1.29 is 15.0 Å². The molecule has 140 valence electrons. The predicted molar refractivity (Wildman–Crippen MR) is 100 cm³/mol. The molecule has 3 N–H and O–H groups in total. The third-order valence-electron chi connectivity index (χ3n) is 5.56. The molecule has 1 fully saturated rings. The fourth-order valence-corrected chi connectivity index (χ4v) is 3.97. The van der Waals surface area contributed by atoms with Crippen LogP contribution in [0.1, 0.15) is 42.1 Å². The zero-order valence-electron chi connectivity index (χ0n) is 15.3. The van der Waals surface area contributed by atoms with E-state index in [1.54, 1.807) is 11.0 Å². The topological polar surface area (TPSA) is 93.6 Å². The predicted octanol–water partition coefficient (Wildman–Crippen LogP) is 1.82. The van der Waals surface area contributed by atoms with Crippen molar-refractivity contribution in [2.24, 2.45) is 5.41 Å². The number of piperidine rings is 1. The van der Waals surface area contributed by atoms with Gasteiger partial charge in [0.1, 0.15) is 0 Å². The summed E-state index contributed by atoms with van der Waals surface area (Å²) in [5.74, 6) is -0.256. The molecule has 0 saturated carbocycles. The molecule has 6 heteroatoms. The number of nitrogens with zero attached hydrogens (tertiary/aromatic N) is 1. The molecule has 1 saturated heterocycles. The van der Waals surface area contributed by atoms with Gasteiger partial charge in [0.25, 0.3) is 5.91 Å². The number of amides is 1. The maximum absolute atomic E-state index is 13.1. The van der Waals surface area contributed by atoms with Crippen LogP contribution in [0.2, 0.25) is 0 Å². The number of hydrogen-bond acceptors (Lipinski definition) is 4. The second kappa shape index (κ2) is 7.21. The van der Waals surface area contributed by atoms with Crippen molar-refractivity contribution in [2.45, 2.75) is 39.2 Å². The van der Waals surface area contributed by atoms with Crippen molar-refractivity contribution in [2.75, 3.05) is 19.7 Å². The number of pyridine rings is 1. The Balaban J connectivity index is 1.93.